The molecule has 1 rings (SSSR count). The van der Waals surface area contributed by atoms with Gasteiger partial charge in [-0.3, -0.25) is 4.52 Å². The van der Waals surface area contributed by atoms with Crippen LogP contribution in [0, 0.1) is 0 Å². The third-order valence-corrected chi connectivity index (χ3v) is 2.75. The van der Waals surface area contributed by atoms with Gasteiger partial charge in [0.25, 0.3) is 0 Å². The summed E-state index contributed by atoms with van der Waals surface area (Å²) < 4.78 is 14.2. The van der Waals surface area contributed by atoms with Crippen molar-refractivity contribution in [1.29, 1.82) is 0 Å². The highest BCUT2D eigenvalue weighted by molar-refractivity contribution is 7.34. The molecule has 0 heterocycles. The predicted molar refractivity (Wildman–Crippen MR) is 62.7 cm³/mol. The van der Waals surface area contributed by atoms with E-state index >= 15 is 0 Å². The van der Waals surface area contributed by atoms with E-state index in [1.54, 1.807) is 31.4 Å². The maximum Gasteiger partial charge on any atom is 0.395 e. The zero-order chi connectivity index (χ0) is 12.2. The summed E-state index contributed by atoms with van der Waals surface area (Å²) in [6.07, 6.45) is 0. The Kier molecular flexibility index (Phi) is 4.27. The van der Waals surface area contributed by atoms with Gasteiger partial charge in [-0.15, -0.1) is 0 Å². The Balaban J connectivity index is 2.70. The van der Waals surface area contributed by atoms with Crippen molar-refractivity contribution >= 4 is 8.17 Å². The molecule has 0 aromatic heterocycles. The van der Waals surface area contributed by atoms with E-state index < -0.39 is 8.17 Å². The van der Waals surface area contributed by atoms with Gasteiger partial charge in [-0.1, -0.05) is 4.74 Å². The Labute approximate surface area is 96.9 Å². The minimum atomic E-state index is -2.02. The molecule has 0 saturated carbocycles. The zero-order valence-corrected chi connectivity index (χ0v) is 10.8. The lowest BCUT2D eigenvalue weighted by Crippen LogP contribution is -2.10. The van der Waals surface area contributed by atoms with Crippen LogP contribution in [0.3, 0.4) is 0 Å². The second-order valence-corrected chi connectivity index (χ2v) is 5.13. The molecule has 0 saturated heterocycles. The molecule has 0 bridgehead atoms. The Morgan fingerprint density at radius 2 is 1.62 bits per heavy atom. The van der Waals surface area contributed by atoms with Crippen molar-refractivity contribution < 1.29 is 14.2 Å². The maximum atomic E-state index is 11.5. The van der Waals surface area contributed by atoms with Gasteiger partial charge >= 0.3 is 8.17 Å². The van der Waals surface area contributed by atoms with E-state index in [1.807, 2.05) is 20.8 Å². The molecule has 0 aliphatic heterocycles. The zero-order valence-electron chi connectivity index (χ0n) is 9.93. The Hall–Kier alpha value is -1.12. The van der Waals surface area contributed by atoms with Crippen molar-refractivity contribution in [2.24, 2.45) is 4.74 Å². The molecule has 1 unspecified atom stereocenters. The fourth-order valence-corrected chi connectivity index (χ4v) is 1.82. The molecule has 0 aliphatic carbocycles. The van der Waals surface area contributed by atoms with Crippen molar-refractivity contribution in [3.8, 4) is 11.5 Å². The van der Waals surface area contributed by atoms with E-state index in [9.17, 15) is 4.89 Å². The quantitative estimate of drug-likeness (QED) is 0.764. The molecule has 16 heavy (non-hydrogen) atoms. The van der Waals surface area contributed by atoms with Gasteiger partial charge in [0, 0.05) is 0 Å². The summed E-state index contributed by atoms with van der Waals surface area (Å²) >= 11 is 0. The van der Waals surface area contributed by atoms with Gasteiger partial charge in [0.2, 0.25) is 0 Å². The Morgan fingerprint density at radius 3 is 2.06 bits per heavy atom. The maximum absolute atomic E-state index is 11.5. The van der Waals surface area contributed by atoms with Gasteiger partial charge in [0.1, 0.15) is 5.75 Å². The standard InChI is InChI=1S/C11H16NO3P/c1-11(2,3)12-16(13)15-10-7-5-9(14-4)6-8-10/h5-8H,1-4H3. The van der Waals surface area contributed by atoms with Crippen LogP contribution in [0.15, 0.2) is 29.0 Å². The van der Waals surface area contributed by atoms with Crippen LogP contribution < -0.4 is 14.2 Å². The first kappa shape index (κ1) is 12.9. The number of ether oxygens (including phenoxy) is 1. The van der Waals surface area contributed by atoms with Gasteiger partial charge in [0.15, 0.2) is 5.75 Å². The van der Waals surface area contributed by atoms with Crippen LogP contribution in [0.1, 0.15) is 20.8 Å². The monoisotopic (exact) mass is 241 g/mol. The van der Waals surface area contributed by atoms with Crippen molar-refractivity contribution in [3.63, 3.8) is 0 Å². The topological polar surface area (TPSA) is 53.9 Å². The third kappa shape index (κ3) is 4.60. The van der Waals surface area contributed by atoms with E-state index in [-0.39, 0.29) is 5.54 Å². The first-order valence-electron chi connectivity index (χ1n) is 4.93. The lowest BCUT2D eigenvalue weighted by molar-refractivity contribution is -0.169. The van der Waals surface area contributed by atoms with E-state index in [4.69, 9.17) is 9.26 Å². The van der Waals surface area contributed by atoms with Crippen LogP contribution >= 0.6 is 8.17 Å². The van der Waals surface area contributed by atoms with Gasteiger partial charge < -0.3 is 9.63 Å². The molecule has 0 fully saturated rings. The molecule has 0 radical (unpaired) electrons. The molecule has 1 aromatic carbocycles. The minimum Gasteiger partial charge on any atom is -0.575 e. The summed E-state index contributed by atoms with van der Waals surface area (Å²) in [5, 5.41) is 0. The van der Waals surface area contributed by atoms with Crippen molar-refractivity contribution in [2.75, 3.05) is 7.11 Å². The molecule has 4 nitrogen and oxygen atoms in total. The fourth-order valence-electron chi connectivity index (χ4n) is 0.992. The van der Waals surface area contributed by atoms with E-state index in [2.05, 4.69) is 4.74 Å². The van der Waals surface area contributed by atoms with E-state index in [0.29, 0.717) is 5.75 Å². The molecular weight excluding hydrogens is 225 g/mol. The summed E-state index contributed by atoms with van der Waals surface area (Å²) in [6, 6.07) is 6.89. The van der Waals surface area contributed by atoms with Gasteiger partial charge in [-0.2, -0.15) is 0 Å². The first-order valence-corrected chi connectivity index (χ1v) is 6.06. The summed E-state index contributed by atoms with van der Waals surface area (Å²) in [7, 11) is -0.436. The highest BCUT2D eigenvalue weighted by atomic mass is 31.1. The van der Waals surface area contributed by atoms with Gasteiger partial charge in [0.05, 0.1) is 12.6 Å². The SMILES string of the molecule is COc1ccc(O[P+]([O-])=NC(C)(C)C)cc1. The molecule has 1 aromatic rings. The second kappa shape index (κ2) is 5.28. The second-order valence-electron chi connectivity index (χ2n) is 4.28. The first-order chi connectivity index (χ1) is 7.40. The smallest absolute Gasteiger partial charge is 0.395 e. The van der Waals surface area contributed by atoms with Crippen molar-refractivity contribution in [2.45, 2.75) is 26.3 Å². The van der Waals surface area contributed by atoms with Crippen molar-refractivity contribution in [3.05, 3.63) is 24.3 Å². The number of benzene rings is 1. The average molecular weight is 241 g/mol. The largest absolute Gasteiger partial charge is 0.575 e. The number of methoxy groups -OCH3 is 1. The van der Waals surface area contributed by atoms with E-state index in [0.717, 1.165) is 5.75 Å². The number of nitrogens with zero attached hydrogens (tertiary/aromatic N) is 1. The average Bonchev–Trinajstić information content (AvgIpc) is 2.16. The lowest BCUT2D eigenvalue weighted by atomic mass is 10.1. The molecule has 0 N–H and O–H groups in total. The lowest BCUT2D eigenvalue weighted by Gasteiger charge is -2.07. The predicted octanol–water partition coefficient (Wildman–Crippen LogP) is 2.73. The summed E-state index contributed by atoms with van der Waals surface area (Å²) in [4.78, 5) is 11.5. The van der Waals surface area contributed by atoms with Crippen LogP contribution in [-0.4, -0.2) is 12.6 Å². The van der Waals surface area contributed by atoms with Crippen molar-refractivity contribution in [1.82, 2.24) is 0 Å². The number of rotatable bonds is 3. The Morgan fingerprint density at radius 1 is 1.12 bits per heavy atom. The van der Waals surface area contributed by atoms with Crippen LogP contribution in [0.2, 0.25) is 0 Å². The fraction of sp³-hybridized carbons (Fsp3) is 0.455. The Bertz CT molecular complexity index is 368. The summed E-state index contributed by atoms with van der Waals surface area (Å²) in [5.74, 6) is 1.25. The normalized spacial score (nSPS) is 12.4. The third-order valence-electron chi connectivity index (χ3n) is 1.62. The van der Waals surface area contributed by atoms with Gasteiger partial charge in [-0.05, 0) is 45.0 Å². The highest BCUT2D eigenvalue weighted by Crippen LogP contribution is 2.28. The minimum absolute atomic E-state index is 0.361. The molecular formula is C11H16NO3P. The number of hydrogen-bond donors (Lipinski definition) is 0. The highest BCUT2D eigenvalue weighted by Gasteiger charge is 2.15. The summed E-state index contributed by atoms with van der Waals surface area (Å²) in [6.45, 7) is 5.62. The molecule has 1 atom stereocenters. The molecule has 0 aliphatic rings. The molecule has 0 spiro atoms. The van der Waals surface area contributed by atoms with E-state index in [1.165, 1.54) is 0 Å². The van der Waals surface area contributed by atoms with Crippen LogP contribution in [-0.2, 0) is 0 Å². The molecule has 88 valence electrons. The van der Waals surface area contributed by atoms with Crippen LogP contribution in [0.25, 0.3) is 0 Å². The number of hydrogen-bond acceptors (Lipinski definition) is 4. The summed E-state index contributed by atoms with van der Waals surface area (Å²) in [5.41, 5.74) is -0.361. The molecule has 0 amide bonds. The van der Waals surface area contributed by atoms with Crippen LogP contribution in [0.5, 0.6) is 11.5 Å². The van der Waals surface area contributed by atoms with Crippen LogP contribution in [0.4, 0.5) is 0 Å². The van der Waals surface area contributed by atoms with Gasteiger partial charge in [-0.25, -0.2) is 0 Å². The molecule has 5 heteroatoms.